The fourth-order valence-electron chi connectivity index (χ4n) is 2.13. The second kappa shape index (κ2) is 8.02. The molecule has 1 aliphatic carbocycles. The van der Waals surface area contributed by atoms with Gasteiger partial charge in [-0.15, -0.1) is 0 Å². The molecule has 0 aromatic rings. The van der Waals surface area contributed by atoms with Gasteiger partial charge in [0.25, 0.3) is 0 Å². The molecule has 110 valence electrons. The van der Waals surface area contributed by atoms with Crippen LogP contribution in [0.3, 0.4) is 0 Å². The van der Waals surface area contributed by atoms with Gasteiger partial charge in [-0.1, -0.05) is 39.5 Å². The van der Waals surface area contributed by atoms with Crippen LogP contribution in [0.15, 0.2) is 0 Å². The predicted molar refractivity (Wildman–Crippen MR) is 74.0 cm³/mol. The lowest BCUT2D eigenvalue weighted by molar-refractivity contribution is -0.139. The Bertz CT molecular complexity index is 303. The number of carboxylic acids is 1. The van der Waals surface area contributed by atoms with Gasteiger partial charge >= 0.3 is 12.0 Å². The van der Waals surface area contributed by atoms with E-state index in [4.69, 9.17) is 5.11 Å². The standard InChI is InChI=1S/C14H26N2O3/c1-3-5-6-12(13(17)18)16-14(19)15-11(4-2)9-10-7-8-10/h10-12H,3-9H2,1-2H3,(H,17,18)(H2,15,16,19). The van der Waals surface area contributed by atoms with E-state index in [0.29, 0.717) is 6.42 Å². The van der Waals surface area contributed by atoms with Crippen LogP contribution in [-0.4, -0.2) is 29.2 Å². The molecule has 0 spiro atoms. The minimum absolute atomic E-state index is 0.160. The molecule has 0 saturated heterocycles. The van der Waals surface area contributed by atoms with Crippen molar-refractivity contribution in [1.82, 2.24) is 10.6 Å². The van der Waals surface area contributed by atoms with Crippen LogP contribution >= 0.6 is 0 Å². The summed E-state index contributed by atoms with van der Waals surface area (Å²) in [6, 6.07) is -0.970. The van der Waals surface area contributed by atoms with Crippen LogP contribution in [0.25, 0.3) is 0 Å². The van der Waals surface area contributed by atoms with Gasteiger partial charge in [0.05, 0.1) is 0 Å². The molecular weight excluding hydrogens is 244 g/mol. The first kappa shape index (κ1) is 15.8. The molecule has 1 rings (SSSR count). The summed E-state index contributed by atoms with van der Waals surface area (Å²) >= 11 is 0. The molecule has 1 aliphatic rings. The molecule has 0 radical (unpaired) electrons. The van der Waals surface area contributed by atoms with E-state index in [-0.39, 0.29) is 12.1 Å². The zero-order chi connectivity index (χ0) is 14.3. The van der Waals surface area contributed by atoms with Crippen molar-refractivity contribution in [1.29, 1.82) is 0 Å². The second-order valence-corrected chi connectivity index (χ2v) is 5.44. The maximum absolute atomic E-state index is 11.8. The van der Waals surface area contributed by atoms with E-state index in [2.05, 4.69) is 10.6 Å². The number of hydrogen-bond donors (Lipinski definition) is 3. The Labute approximate surface area is 115 Å². The number of urea groups is 1. The number of amides is 2. The minimum atomic E-state index is -0.959. The zero-order valence-corrected chi connectivity index (χ0v) is 11.9. The maximum Gasteiger partial charge on any atom is 0.326 e. The predicted octanol–water partition coefficient (Wildman–Crippen LogP) is 2.51. The Morgan fingerprint density at radius 2 is 1.95 bits per heavy atom. The first-order chi connectivity index (χ1) is 9.06. The van der Waals surface area contributed by atoms with Crippen LogP contribution in [0, 0.1) is 5.92 Å². The monoisotopic (exact) mass is 270 g/mol. The first-order valence-electron chi connectivity index (χ1n) is 7.36. The lowest BCUT2D eigenvalue weighted by Crippen LogP contribution is -2.49. The Kier molecular flexibility index (Phi) is 6.67. The topological polar surface area (TPSA) is 78.4 Å². The normalized spacial score (nSPS) is 17.6. The maximum atomic E-state index is 11.8. The summed E-state index contributed by atoms with van der Waals surface area (Å²) in [5.41, 5.74) is 0. The summed E-state index contributed by atoms with van der Waals surface area (Å²) in [4.78, 5) is 22.8. The average Bonchev–Trinajstić information content (AvgIpc) is 3.17. The van der Waals surface area contributed by atoms with Crippen LogP contribution in [-0.2, 0) is 4.79 Å². The highest BCUT2D eigenvalue weighted by molar-refractivity contribution is 5.82. The molecule has 5 nitrogen and oxygen atoms in total. The number of nitrogens with one attached hydrogen (secondary N) is 2. The van der Waals surface area contributed by atoms with Gasteiger partial charge < -0.3 is 15.7 Å². The number of unbranched alkanes of at least 4 members (excludes halogenated alkanes) is 1. The third-order valence-corrected chi connectivity index (χ3v) is 3.59. The van der Waals surface area contributed by atoms with Gasteiger partial charge in [0.2, 0.25) is 0 Å². The van der Waals surface area contributed by atoms with Gasteiger partial charge in [0.1, 0.15) is 6.04 Å². The molecule has 0 aliphatic heterocycles. The summed E-state index contributed by atoms with van der Waals surface area (Å²) in [6.45, 7) is 4.04. The van der Waals surface area contributed by atoms with Crippen LogP contribution in [0.2, 0.25) is 0 Å². The van der Waals surface area contributed by atoms with Crippen molar-refractivity contribution >= 4 is 12.0 Å². The van der Waals surface area contributed by atoms with Gasteiger partial charge in [-0.25, -0.2) is 9.59 Å². The van der Waals surface area contributed by atoms with E-state index < -0.39 is 12.0 Å². The van der Waals surface area contributed by atoms with Crippen LogP contribution in [0.4, 0.5) is 4.79 Å². The number of carboxylic acid groups (broad SMARTS) is 1. The van der Waals surface area contributed by atoms with Gasteiger partial charge in [0, 0.05) is 6.04 Å². The molecule has 0 bridgehead atoms. The average molecular weight is 270 g/mol. The smallest absolute Gasteiger partial charge is 0.326 e. The highest BCUT2D eigenvalue weighted by Gasteiger charge is 2.26. The van der Waals surface area contributed by atoms with Gasteiger partial charge in [-0.2, -0.15) is 0 Å². The summed E-state index contributed by atoms with van der Waals surface area (Å²) in [7, 11) is 0. The molecule has 2 amide bonds. The quantitative estimate of drug-likeness (QED) is 0.602. The van der Waals surface area contributed by atoms with E-state index in [1.165, 1.54) is 12.8 Å². The molecular formula is C14H26N2O3. The minimum Gasteiger partial charge on any atom is -0.480 e. The fourth-order valence-corrected chi connectivity index (χ4v) is 2.13. The molecule has 1 fully saturated rings. The highest BCUT2D eigenvalue weighted by atomic mass is 16.4. The fraction of sp³-hybridized carbons (Fsp3) is 0.857. The Balaban J connectivity index is 2.34. The summed E-state index contributed by atoms with van der Waals surface area (Å²) in [5, 5.41) is 14.5. The molecule has 0 aromatic carbocycles. The van der Waals surface area contributed by atoms with Crippen LogP contribution < -0.4 is 10.6 Å². The molecule has 0 heterocycles. The molecule has 0 aromatic heterocycles. The van der Waals surface area contributed by atoms with Crippen molar-refractivity contribution in [3.05, 3.63) is 0 Å². The number of hydrogen-bond acceptors (Lipinski definition) is 2. The van der Waals surface area contributed by atoms with Crippen LogP contribution in [0.1, 0.15) is 58.8 Å². The van der Waals surface area contributed by atoms with E-state index in [1.54, 1.807) is 0 Å². The van der Waals surface area contributed by atoms with E-state index >= 15 is 0 Å². The lowest BCUT2D eigenvalue weighted by atomic mass is 10.1. The van der Waals surface area contributed by atoms with Crippen LogP contribution in [0.5, 0.6) is 0 Å². The van der Waals surface area contributed by atoms with Crippen molar-refractivity contribution in [2.75, 3.05) is 0 Å². The first-order valence-corrected chi connectivity index (χ1v) is 7.36. The van der Waals surface area contributed by atoms with Crippen molar-refractivity contribution in [3.63, 3.8) is 0 Å². The van der Waals surface area contributed by atoms with Crippen molar-refractivity contribution in [2.24, 2.45) is 5.92 Å². The zero-order valence-electron chi connectivity index (χ0n) is 11.9. The van der Waals surface area contributed by atoms with E-state index in [0.717, 1.165) is 31.6 Å². The van der Waals surface area contributed by atoms with Gasteiger partial charge in [0.15, 0.2) is 0 Å². The third-order valence-electron chi connectivity index (χ3n) is 3.59. The molecule has 19 heavy (non-hydrogen) atoms. The van der Waals surface area contributed by atoms with Crippen molar-refractivity contribution in [3.8, 4) is 0 Å². The SMILES string of the molecule is CCCCC(NC(=O)NC(CC)CC1CC1)C(=O)O. The third kappa shape index (κ3) is 6.45. The molecule has 3 N–H and O–H groups in total. The van der Waals surface area contributed by atoms with Crippen molar-refractivity contribution in [2.45, 2.75) is 70.9 Å². The number of carbonyl (C=O) groups is 2. The Morgan fingerprint density at radius 1 is 1.26 bits per heavy atom. The molecule has 5 heteroatoms. The molecule has 2 atom stereocenters. The lowest BCUT2D eigenvalue weighted by Gasteiger charge is -2.20. The largest absolute Gasteiger partial charge is 0.480 e. The number of rotatable bonds is 9. The summed E-state index contributed by atoms with van der Waals surface area (Å²) in [5.74, 6) is -0.209. The summed E-state index contributed by atoms with van der Waals surface area (Å²) in [6.07, 6.45) is 6.62. The van der Waals surface area contributed by atoms with E-state index in [9.17, 15) is 9.59 Å². The van der Waals surface area contributed by atoms with Crippen molar-refractivity contribution < 1.29 is 14.7 Å². The second-order valence-electron chi connectivity index (χ2n) is 5.44. The number of aliphatic carboxylic acids is 1. The van der Waals surface area contributed by atoms with Gasteiger partial charge in [-0.3, -0.25) is 0 Å². The molecule has 1 saturated carbocycles. The Morgan fingerprint density at radius 3 is 2.42 bits per heavy atom. The highest BCUT2D eigenvalue weighted by Crippen LogP contribution is 2.33. The summed E-state index contributed by atoms with van der Waals surface area (Å²) < 4.78 is 0. The van der Waals surface area contributed by atoms with E-state index in [1.807, 2.05) is 13.8 Å². The Hall–Kier alpha value is -1.26. The molecule has 2 unspecified atom stereocenters. The number of carbonyl (C=O) groups excluding carboxylic acids is 1. The van der Waals surface area contributed by atoms with Gasteiger partial charge in [-0.05, 0) is 25.2 Å².